The van der Waals surface area contributed by atoms with E-state index in [1.807, 2.05) is 6.92 Å². The minimum Gasteiger partial charge on any atom is -0.347 e. The second kappa shape index (κ2) is 10.7. The molecule has 154 valence electrons. The van der Waals surface area contributed by atoms with Crippen LogP contribution in [0, 0.1) is 0 Å². The lowest BCUT2D eigenvalue weighted by Gasteiger charge is -2.40. The van der Waals surface area contributed by atoms with Gasteiger partial charge in [-0.3, -0.25) is 0 Å². The Hall–Kier alpha value is -0.750. The van der Waals surface area contributed by atoms with Gasteiger partial charge in [0.1, 0.15) is 5.82 Å². The first-order valence-corrected chi connectivity index (χ1v) is 11.9. The molecule has 0 N–H and O–H groups in total. The van der Waals surface area contributed by atoms with Gasteiger partial charge < -0.3 is 9.80 Å². The first-order valence-electron chi connectivity index (χ1n) is 11.2. The van der Waals surface area contributed by atoms with Gasteiger partial charge in [-0.15, -0.1) is 0 Å². The monoisotopic (exact) mass is 396 g/mol. The van der Waals surface area contributed by atoms with Crippen LogP contribution >= 0.6 is 11.5 Å². The number of rotatable bonds is 9. The van der Waals surface area contributed by atoms with Crippen molar-refractivity contribution in [1.29, 1.82) is 0 Å². The summed E-state index contributed by atoms with van der Waals surface area (Å²) >= 11 is 1.56. The van der Waals surface area contributed by atoms with Gasteiger partial charge in [0.15, 0.2) is 0 Å². The molecular formula is C21H37FN4S. The second-order valence-corrected chi connectivity index (χ2v) is 9.02. The number of aromatic nitrogens is 2. The average molecular weight is 397 g/mol. The van der Waals surface area contributed by atoms with Gasteiger partial charge >= 0.3 is 0 Å². The number of anilines is 1. The highest BCUT2D eigenvalue weighted by Crippen LogP contribution is 2.30. The fourth-order valence-corrected chi connectivity index (χ4v) is 5.33. The number of likely N-dealkylation sites (tertiary alicyclic amines) is 1. The van der Waals surface area contributed by atoms with Crippen molar-refractivity contribution in [1.82, 2.24) is 14.3 Å². The van der Waals surface area contributed by atoms with Crippen molar-refractivity contribution in [2.75, 3.05) is 31.1 Å². The molecule has 2 saturated heterocycles. The van der Waals surface area contributed by atoms with E-state index in [0.29, 0.717) is 18.8 Å². The molecule has 2 aliphatic rings. The molecule has 2 fully saturated rings. The molecule has 3 heterocycles. The van der Waals surface area contributed by atoms with E-state index in [2.05, 4.69) is 21.1 Å². The predicted molar refractivity (Wildman–Crippen MR) is 113 cm³/mol. The SMILES string of the molecule is CCC(F)CCCC(CC)c1nsc(N2CCC(N3CCCCC3)CC2)n1. The molecule has 0 saturated carbocycles. The molecule has 2 atom stereocenters. The summed E-state index contributed by atoms with van der Waals surface area (Å²) in [6.45, 7) is 8.92. The van der Waals surface area contributed by atoms with Crippen LogP contribution in [0.1, 0.15) is 89.8 Å². The molecule has 2 unspecified atom stereocenters. The Bertz CT molecular complexity index is 538. The molecule has 0 amide bonds. The maximum atomic E-state index is 13.5. The summed E-state index contributed by atoms with van der Waals surface area (Å²) in [7, 11) is 0. The standard InChI is InChI=1S/C21H37FN4S/c1-3-17(9-8-10-18(22)4-2)20-23-21(27-24-20)26-15-11-19(12-16-26)25-13-6-5-7-14-25/h17-19H,3-16H2,1-2H3. The molecule has 0 spiro atoms. The van der Waals surface area contributed by atoms with E-state index in [-0.39, 0.29) is 0 Å². The van der Waals surface area contributed by atoms with E-state index in [0.717, 1.165) is 49.3 Å². The third-order valence-corrected chi connectivity index (χ3v) is 7.24. The predicted octanol–water partition coefficient (Wildman–Crippen LogP) is 5.40. The lowest BCUT2D eigenvalue weighted by atomic mass is 9.97. The summed E-state index contributed by atoms with van der Waals surface area (Å²) in [5.41, 5.74) is 0. The normalized spacial score (nSPS) is 22.1. The maximum absolute atomic E-state index is 13.5. The Morgan fingerprint density at radius 1 is 1.04 bits per heavy atom. The van der Waals surface area contributed by atoms with E-state index < -0.39 is 6.17 Å². The smallest absolute Gasteiger partial charge is 0.205 e. The highest BCUT2D eigenvalue weighted by Gasteiger charge is 2.27. The molecule has 3 rings (SSSR count). The molecule has 1 aromatic heterocycles. The van der Waals surface area contributed by atoms with E-state index >= 15 is 0 Å². The van der Waals surface area contributed by atoms with Crippen LogP contribution < -0.4 is 4.90 Å². The molecule has 0 aliphatic carbocycles. The number of nitrogens with zero attached hydrogens (tertiary/aromatic N) is 4. The Kier molecular flexibility index (Phi) is 8.31. The number of hydrogen-bond acceptors (Lipinski definition) is 5. The summed E-state index contributed by atoms with van der Waals surface area (Å²) in [4.78, 5) is 10.0. The van der Waals surface area contributed by atoms with Gasteiger partial charge in [0.2, 0.25) is 5.13 Å². The van der Waals surface area contributed by atoms with Crippen LogP contribution in [-0.2, 0) is 0 Å². The zero-order chi connectivity index (χ0) is 19.1. The van der Waals surface area contributed by atoms with Crippen LogP contribution in [0.2, 0.25) is 0 Å². The van der Waals surface area contributed by atoms with Crippen LogP contribution in [0.4, 0.5) is 9.52 Å². The van der Waals surface area contributed by atoms with Crippen molar-refractivity contribution >= 4 is 16.7 Å². The van der Waals surface area contributed by atoms with Crippen LogP contribution in [0.3, 0.4) is 0 Å². The summed E-state index contributed by atoms with van der Waals surface area (Å²) < 4.78 is 18.1. The largest absolute Gasteiger partial charge is 0.347 e. The van der Waals surface area contributed by atoms with Crippen molar-refractivity contribution in [3.63, 3.8) is 0 Å². The van der Waals surface area contributed by atoms with Crippen LogP contribution in [0.15, 0.2) is 0 Å². The average Bonchev–Trinajstić information content (AvgIpc) is 3.22. The Morgan fingerprint density at radius 2 is 1.78 bits per heavy atom. The van der Waals surface area contributed by atoms with E-state index in [1.54, 1.807) is 11.5 Å². The number of hydrogen-bond donors (Lipinski definition) is 0. The molecule has 0 aromatic carbocycles. The molecular weight excluding hydrogens is 359 g/mol. The van der Waals surface area contributed by atoms with Crippen LogP contribution in [-0.4, -0.2) is 52.6 Å². The quantitative estimate of drug-likeness (QED) is 0.559. The summed E-state index contributed by atoms with van der Waals surface area (Å²) in [6, 6.07) is 0.768. The summed E-state index contributed by atoms with van der Waals surface area (Å²) in [5.74, 6) is 1.37. The zero-order valence-corrected chi connectivity index (χ0v) is 18.0. The minimum atomic E-state index is -0.650. The number of halogens is 1. The van der Waals surface area contributed by atoms with E-state index in [4.69, 9.17) is 4.98 Å². The van der Waals surface area contributed by atoms with Crippen molar-refractivity contribution in [3.8, 4) is 0 Å². The lowest BCUT2D eigenvalue weighted by molar-refractivity contribution is 0.141. The van der Waals surface area contributed by atoms with Crippen LogP contribution in [0.25, 0.3) is 0 Å². The minimum absolute atomic E-state index is 0.380. The van der Waals surface area contributed by atoms with Gasteiger partial charge in [0.25, 0.3) is 0 Å². The van der Waals surface area contributed by atoms with Crippen molar-refractivity contribution < 1.29 is 4.39 Å². The van der Waals surface area contributed by atoms with Crippen molar-refractivity contribution in [3.05, 3.63) is 5.82 Å². The molecule has 0 bridgehead atoms. The van der Waals surface area contributed by atoms with Gasteiger partial charge in [0, 0.05) is 36.6 Å². The van der Waals surface area contributed by atoms with Crippen molar-refractivity contribution in [2.45, 2.75) is 96.2 Å². The molecule has 4 nitrogen and oxygen atoms in total. The third kappa shape index (κ3) is 5.86. The highest BCUT2D eigenvalue weighted by atomic mass is 32.1. The zero-order valence-electron chi connectivity index (χ0n) is 17.2. The fraction of sp³-hybridized carbons (Fsp3) is 0.905. The van der Waals surface area contributed by atoms with Gasteiger partial charge in [-0.2, -0.15) is 4.37 Å². The molecule has 0 radical (unpaired) electrons. The van der Waals surface area contributed by atoms with E-state index in [9.17, 15) is 4.39 Å². The molecule has 2 aliphatic heterocycles. The van der Waals surface area contributed by atoms with Crippen molar-refractivity contribution in [2.24, 2.45) is 0 Å². The fourth-order valence-electron chi connectivity index (χ4n) is 4.53. The first kappa shape index (κ1) is 21.0. The van der Waals surface area contributed by atoms with Gasteiger partial charge in [-0.1, -0.05) is 20.3 Å². The second-order valence-electron chi connectivity index (χ2n) is 8.29. The maximum Gasteiger partial charge on any atom is 0.205 e. The van der Waals surface area contributed by atoms with Gasteiger partial charge in [0.05, 0.1) is 6.17 Å². The van der Waals surface area contributed by atoms with Gasteiger partial charge in [-0.05, 0) is 70.9 Å². The summed E-state index contributed by atoms with van der Waals surface area (Å²) in [6.07, 6.45) is 10.3. The topological polar surface area (TPSA) is 32.3 Å². The first-order chi connectivity index (χ1) is 13.2. The van der Waals surface area contributed by atoms with Crippen LogP contribution in [0.5, 0.6) is 0 Å². The Balaban J connectivity index is 1.48. The third-order valence-electron chi connectivity index (χ3n) is 6.44. The highest BCUT2D eigenvalue weighted by molar-refractivity contribution is 7.09. The summed E-state index contributed by atoms with van der Waals surface area (Å²) in [5, 5.41) is 1.09. The Morgan fingerprint density at radius 3 is 2.44 bits per heavy atom. The molecule has 1 aromatic rings. The number of alkyl halides is 1. The number of piperidine rings is 2. The van der Waals surface area contributed by atoms with E-state index in [1.165, 1.54) is 45.2 Å². The molecule has 27 heavy (non-hydrogen) atoms. The lowest BCUT2D eigenvalue weighted by Crippen LogP contribution is -2.46. The molecule has 6 heteroatoms. The van der Waals surface area contributed by atoms with Gasteiger partial charge in [-0.25, -0.2) is 9.37 Å². The Labute approximate surface area is 168 Å².